The molecule has 0 aromatic heterocycles. The van der Waals surface area contributed by atoms with E-state index < -0.39 is 0 Å². The largest absolute Gasteiger partial charge is 1.00 e. The maximum absolute atomic E-state index is 12.7. The van der Waals surface area contributed by atoms with Crippen LogP contribution in [0.25, 0.3) is 0 Å². The van der Waals surface area contributed by atoms with Crippen molar-refractivity contribution in [3.63, 3.8) is 0 Å². The predicted octanol–water partition coefficient (Wildman–Crippen LogP) is 9.33. The molecule has 0 bridgehead atoms. The van der Waals surface area contributed by atoms with Crippen molar-refractivity contribution in [3.05, 3.63) is 0 Å². The van der Waals surface area contributed by atoms with Gasteiger partial charge in [0.25, 0.3) is 0 Å². The van der Waals surface area contributed by atoms with E-state index in [-0.39, 0.29) is 24.5 Å². The molecule has 1 atom stereocenters. The van der Waals surface area contributed by atoms with Crippen LogP contribution in [-0.4, -0.2) is 47.5 Å². The van der Waals surface area contributed by atoms with E-state index in [2.05, 4.69) is 42.6 Å². The number of carbonyl (C=O) groups excluding carboxylic acids is 1. The molecule has 274 valence electrons. The molecule has 4 nitrogen and oxygen atoms in total. The zero-order chi connectivity index (χ0) is 32.6. The Morgan fingerprint density at radius 2 is 0.913 bits per heavy atom. The molecule has 0 radical (unpaired) electrons. The fraction of sp³-hybridized carbons (Fsp3) is 0.951. The van der Waals surface area contributed by atoms with Crippen molar-refractivity contribution in [2.45, 2.75) is 232 Å². The number of amides is 1. The molecule has 0 spiro atoms. The maximum Gasteiger partial charge on any atom is 0.248 e. The lowest BCUT2D eigenvalue weighted by Crippen LogP contribution is -3.00. The number of halogens is 1. The molecule has 46 heavy (non-hydrogen) atoms. The van der Waals surface area contributed by atoms with Gasteiger partial charge in [-0.05, 0) is 19.8 Å². The highest BCUT2D eigenvalue weighted by Crippen LogP contribution is 2.16. The minimum atomic E-state index is 0. The summed E-state index contributed by atoms with van der Waals surface area (Å²) in [6, 6.07) is 0. The molecule has 1 aliphatic rings. The summed E-state index contributed by atoms with van der Waals surface area (Å²) in [7, 11) is 2.23. The van der Waals surface area contributed by atoms with Gasteiger partial charge in [-0.1, -0.05) is 194 Å². The average Bonchev–Trinajstić information content (AvgIpc) is 3.40. The number of rotatable bonds is 34. The summed E-state index contributed by atoms with van der Waals surface area (Å²) in [5.74, 6) is 1.67. The molecule has 5 heteroatoms. The molecule has 1 rings (SSSR count). The Morgan fingerprint density at radius 1 is 0.587 bits per heavy atom. The number of amidine groups is 1. The highest BCUT2D eigenvalue weighted by atomic mass is 35.5. The van der Waals surface area contributed by atoms with Crippen LogP contribution in [-0.2, 0) is 4.79 Å². The lowest BCUT2D eigenvalue weighted by molar-refractivity contribution is -0.558. The summed E-state index contributed by atoms with van der Waals surface area (Å²) in [4.78, 5) is 15.1. The second kappa shape index (κ2) is 34.1. The molecule has 1 unspecified atom stereocenters. The minimum absolute atomic E-state index is 0. The molecule has 0 saturated heterocycles. The van der Waals surface area contributed by atoms with E-state index in [1.54, 1.807) is 0 Å². The minimum Gasteiger partial charge on any atom is -1.00 e. The number of unbranched alkanes of at least 4 members (excludes halogenated alkanes) is 28. The van der Waals surface area contributed by atoms with E-state index in [9.17, 15) is 4.79 Å². The molecule has 1 aliphatic heterocycles. The van der Waals surface area contributed by atoms with Crippen molar-refractivity contribution in [2.24, 2.45) is 0 Å². The van der Waals surface area contributed by atoms with Crippen LogP contribution in [0.4, 0.5) is 0 Å². The Bertz CT molecular complexity index is 697. The molecule has 0 aliphatic carbocycles. The molecule has 0 saturated carbocycles. The topological polar surface area (TPSA) is 35.4 Å². The quantitative estimate of drug-likeness (QED) is 0.0548. The molecular weight excluding hydrogens is 586 g/mol. The molecule has 0 fully saturated rings. The Kier molecular flexibility index (Phi) is 33.5. The van der Waals surface area contributed by atoms with E-state index in [0.29, 0.717) is 6.42 Å². The monoisotopic (exact) mass is 668 g/mol. The van der Waals surface area contributed by atoms with Crippen molar-refractivity contribution in [3.8, 4) is 0 Å². The maximum atomic E-state index is 12.7. The van der Waals surface area contributed by atoms with E-state index in [4.69, 9.17) is 0 Å². The SMILES string of the molecule is CCCCCCCCCCCCCCCCCC(=O)NC(C)[N+]1=C(CCCCCCCCCCCCCCCCC)N(C)CC1.[Cl-]. The first-order valence-electron chi connectivity index (χ1n) is 20.7. The van der Waals surface area contributed by atoms with Crippen molar-refractivity contribution >= 4 is 11.7 Å². The lowest BCUT2D eigenvalue weighted by atomic mass is 10.0. The van der Waals surface area contributed by atoms with Crippen molar-refractivity contribution in [2.75, 3.05) is 20.1 Å². The lowest BCUT2D eigenvalue weighted by Gasteiger charge is -2.16. The molecule has 1 amide bonds. The van der Waals surface area contributed by atoms with Crippen LogP contribution in [0.5, 0.6) is 0 Å². The van der Waals surface area contributed by atoms with E-state index in [0.717, 1.165) is 25.9 Å². The highest BCUT2D eigenvalue weighted by molar-refractivity contribution is 5.79. The number of hydrogen-bond acceptors (Lipinski definition) is 2. The molecule has 1 N–H and O–H groups in total. The summed E-state index contributed by atoms with van der Waals surface area (Å²) in [6.45, 7) is 8.88. The van der Waals surface area contributed by atoms with E-state index in [1.165, 1.54) is 192 Å². The average molecular weight is 669 g/mol. The summed E-state index contributed by atoms with van der Waals surface area (Å²) in [5, 5.41) is 3.32. The summed E-state index contributed by atoms with van der Waals surface area (Å²) in [6.07, 6.45) is 43.5. The Hall–Kier alpha value is -0.770. The van der Waals surface area contributed by atoms with Crippen LogP contribution in [0.3, 0.4) is 0 Å². The first kappa shape index (κ1) is 45.2. The second-order valence-electron chi connectivity index (χ2n) is 14.7. The fourth-order valence-electron chi connectivity index (χ4n) is 7.18. The number of carbonyl (C=O) groups is 1. The summed E-state index contributed by atoms with van der Waals surface area (Å²) < 4.78 is 2.45. The van der Waals surface area contributed by atoms with Gasteiger partial charge < -0.3 is 17.7 Å². The number of nitrogens with zero attached hydrogens (tertiary/aromatic N) is 2. The fourth-order valence-corrected chi connectivity index (χ4v) is 7.18. The van der Waals surface area contributed by atoms with Gasteiger partial charge in [0.15, 0.2) is 6.17 Å². The van der Waals surface area contributed by atoms with Crippen LogP contribution in [0.2, 0.25) is 0 Å². The van der Waals surface area contributed by atoms with Gasteiger partial charge in [-0.15, -0.1) is 0 Å². The number of likely N-dealkylation sites (N-methyl/N-ethyl adjacent to an activating group) is 1. The van der Waals surface area contributed by atoms with Gasteiger partial charge in [0.1, 0.15) is 13.1 Å². The standard InChI is InChI=1S/C41H81N3O.ClH/c1-5-7-9-11-13-15-17-19-21-23-25-27-29-31-33-35-40(45)42-39(3)44-38-37-43(4)41(44)36-34-32-30-28-26-24-22-20-18-16-14-12-10-8-6-2;/h39H,5-38H2,1-4H3;1H. The van der Waals surface area contributed by atoms with Crippen molar-refractivity contribution < 1.29 is 21.8 Å². The molecule has 0 aromatic rings. The van der Waals surface area contributed by atoms with E-state index in [1.807, 2.05) is 0 Å². The van der Waals surface area contributed by atoms with Crippen LogP contribution >= 0.6 is 0 Å². The van der Waals surface area contributed by atoms with Gasteiger partial charge in [0.2, 0.25) is 11.7 Å². The van der Waals surface area contributed by atoms with Crippen LogP contribution < -0.4 is 17.7 Å². The van der Waals surface area contributed by atoms with Crippen LogP contribution in [0, 0.1) is 0 Å². The van der Waals surface area contributed by atoms with Gasteiger partial charge in [-0.25, -0.2) is 4.58 Å². The highest BCUT2D eigenvalue weighted by Gasteiger charge is 2.30. The Morgan fingerprint density at radius 3 is 1.28 bits per heavy atom. The summed E-state index contributed by atoms with van der Waals surface area (Å²) in [5.41, 5.74) is 0. The van der Waals surface area contributed by atoms with Gasteiger partial charge in [-0.2, -0.15) is 0 Å². The van der Waals surface area contributed by atoms with Gasteiger partial charge in [-0.3, -0.25) is 9.69 Å². The zero-order valence-corrected chi connectivity index (χ0v) is 32.6. The summed E-state index contributed by atoms with van der Waals surface area (Å²) >= 11 is 0. The molecule has 0 aromatic carbocycles. The van der Waals surface area contributed by atoms with Gasteiger partial charge in [0.05, 0.1) is 7.05 Å². The Labute approximate surface area is 295 Å². The smallest absolute Gasteiger partial charge is 0.248 e. The van der Waals surface area contributed by atoms with Crippen LogP contribution in [0.1, 0.15) is 226 Å². The zero-order valence-electron chi connectivity index (χ0n) is 31.8. The third-order valence-corrected chi connectivity index (χ3v) is 10.3. The van der Waals surface area contributed by atoms with Gasteiger partial charge >= 0.3 is 0 Å². The number of nitrogens with one attached hydrogen (secondary N) is 1. The van der Waals surface area contributed by atoms with E-state index >= 15 is 0 Å². The molecule has 1 heterocycles. The van der Waals surface area contributed by atoms with Crippen molar-refractivity contribution in [1.29, 1.82) is 0 Å². The van der Waals surface area contributed by atoms with Crippen LogP contribution in [0.15, 0.2) is 0 Å². The first-order chi connectivity index (χ1) is 22.1. The van der Waals surface area contributed by atoms with Crippen molar-refractivity contribution in [1.82, 2.24) is 10.2 Å². The number of hydrogen-bond donors (Lipinski definition) is 1. The first-order valence-corrected chi connectivity index (χ1v) is 20.7. The van der Waals surface area contributed by atoms with Gasteiger partial charge in [0, 0.05) is 12.8 Å². The molecular formula is C41H82ClN3O. The normalized spacial score (nSPS) is 13.8. The predicted molar refractivity (Wildman–Crippen MR) is 199 cm³/mol. The Balaban J connectivity index is 0.0000202. The third-order valence-electron chi connectivity index (χ3n) is 10.3. The second-order valence-corrected chi connectivity index (χ2v) is 14.7. The third kappa shape index (κ3) is 26.2.